The molecule has 17 heavy (non-hydrogen) atoms. The molecule has 0 aliphatic carbocycles. The molecule has 1 atom stereocenters. The standard InChI is InChI=1S/C12H14ClN3S/c13-12-4-3-9(17-12)7-16-8-14-6-11(16)10-2-1-5-15-10/h3-4,6,8,10,15H,1-2,5,7H2/t10-/m0/s1. The summed E-state index contributed by atoms with van der Waals surface area (Å²) >= 11 is 7.58. The summed E-state index contributed by atoms with van der Waals surface area (Å²) in [5.41, 5.74) is 1.28. The highest BCUT2D eigenvalue weighted by atomic mass is 35.5. The van der Waals surface area contributed by atoms with E-state index in [2.05, 4.69) is 20.9 Å². The summed E-state index contributed by atoms with van der Waals surface area (Å²) in [5.74, 6) is 0. The molecule has 1 aliphatic heterocycles. The van der Waals surface area contributed by atoms with Gasteiger partial charge in [-0.2, -0.15) is 0 Å². The van der Waals surface area contributed by atoms with Gasteiger partial charge in [-0.1, -0.05) is 11.6 Å². The van der Waals surface area contributed by atoms with Gasteiger partial charge in [-0.05, 0) is 31.5 Å². The molecule has 1 saturated heterocycles. The first-order valence-electron chi connectivity index (χ1n) is 5.80. The van der Waals surface area contributed by atoms with Crippen LogP contribution in [0.3, 0.4) is 0 Å². The van der Waals surface area contributed by atoms with Crippen LogP contribution in [0.1, 0.15) is 29.5 Å². The van der Waals surface area contributed by atoms with Gasteiger partial charge in [0.05, 0.1) is 22.9 Å². The third kappa shape index (κ3) is 2.39. The summed E-state index contributed by atoms with van der Waals surface area (Å²) in [6, 6.07) is 4.50. The lowest BCUT2D eigenvalue weighted by atomic mass is 10.2. The van der Waals surface area contributed by atoms with Crippen molar-refractivity contribution in [2.75, 3.05) is 6.54 Å². The second-order valence-electron chi connectivity index (χ2n) is 4.30. The Morgan fingerprint density at radius 1 is 1.53 bits per heavy atom. The van der Waals surface area contributed by atoms with Gasteiger partial charge in [0.25, 0.3) is 0 Å². The van der Waals surface area contributed by atoms with Crippen LogP contribution in [0.4, 0.5) is 0 Å². The Bertz CT molecular complexity index is 499. The number of halogens is 1. The van der Waals surface area contributed by atoms with Gasteiger partial charge < -0.3 is 9.88 Å². The molecule has 1 N–H and O–H groups in total. The van der Waals surface area contributed by atoms with E-state index in [0.717, 1.165) is 17.4 Å². The highest BCUT2D eigenvalue weighted by Gasteiger charge is 2.19. The van der Waals surface area contributed by atoms with E-state index in [9.17, 15) is 0 Å². The van der Waals surface area contributed by atoms with Crippen LogP contribution in [0.15, 0.2) is 24.7 Å². The molecule has 1 aliphatic rings. The Morgan fingerprint density at radius 2 is 2.47 bits per heavy atom. The number of nitrogens with one attached hydrogen (secondary N) is 1. The summed E-state index contributed by atoms with van der Waals surface area (Å²) in [7, 11) is 0. The molecule has 3 heterocycles. The van der Waals surface area contributed by atoms with Gasteiger partial charge in [0.15, 0.2) is 0 Å². The normalized spacial score (nSPS) is 19.9. The van der Waals surface area contributed by atoms with Crippen molar-refractivity contribution in [2.24, 2.45) is 0 Å². The van der Waals surface area contributed by atoms with Gasteiger partial charge in [0.1, 0.15) is 0 Å². The zero-order chi connectivity index (χ0) is 11.7. The van der Waals surface area contributed by atoms with E-state index in [4.69, 9.17) is 11.6 Å². The fraction of sp³-hybridized carbons (Fsp3) is 0.417. The van der Waals surface area contributed by atoms with Crippen LogP contribution in [0.2, 0.25) is 4.34 Å². The van der Waals surface area contributed by atoms with Crippen LogP contribution >= 0.6 is 22.9 Å². The number of hydrogen-bond donors (Lipinski definition) is 1. The first kappa shape index (κ1) is 11.3. The Balaban J connectivity index is 1.81. The molecule has 0 radical (unpaired) electrons. The summed E-state index contributed by atoms with van der Waals surface area (Å²) in [6.45, 7) is 1.98. The second kappa shape index (κ2) is 4.80. The summed E-state index contributed by atoms with van der Waals surface area (Å²) in [6.07, 6.45) is 6.33. The van der Waals surface area contributed by atoms with Crippen molar-refractivity contribution in [1.29, 1.82) is 0 Å². The number of thiophene rings is 1. The Kier molecular flexibility index (Phi) is 3.18. The van der Waals surface area contributed by atoms with Crippen molar-refractivity contribution >= 4 is 22.9 Å². The predicted molar refractivity (Wildman–Crippen MR) is 70.6 cm³/mol. The molecule has 0 saturated carbocycles. The fourth-order valence-corrected chi connectivity index (χ4v) is 3.38. The minimum Gasteiger partial charge on any atom is -0.328 e. The maximum atomic E-state index is 5.95. The maximum Gasteiger partial charge on any atom is 0.0952 e. The molecule has 2 aromatic rings. The van der Waals surface area contributed by atoms with E-state index in [-0.39, 0.29) is 0 Å². The van der Waals surface area contributed by atoms with E-state index in [1.54, 1.807) is 11.3 Å². The number of rotatable bonds is 3. The Morgan fingerprint density at radius 3 is 3.18 bits per heavy atom. The third-order valence-electron chi connectivity index (χ3n) is 3.12. The molecule has 0 aromatic carbocycles. The first-order valence-corrected chi connectivity index (χ1v) is 7.00. The quantitative estimate of drug-likeness (QED) is 0.926. The summed E-state index contributed by atoms with van der Waals surface area (Å²) in [4.78, 5) is 5.53. The molecule has 1 fully saturated rings. The zero-order valence-electron chi connectivity index (χ0n) is 9.40. The molecule has 2 aromatic heterocycles. The molecule has 3 nitrogen and oxygen atoms in total. The van der Waals surface area contributed by atoms with Crippen LogP contribution in [-0.4, -0.2) is 16.1 Å². The van der Waals surface area contributed by atoms with Crippen LogP contribution < -0.4 is 5.32 Å². The van der Waals surface area contributed by atoms with Gasteiger partial charge in [-0.15, -0.1) is 11.3 Å². The SMILES string of the molecule is Clc1ccc(Cn2cncc2[C@@H]2CCCN2)s1. The number of imidazole rings is 1. The Hall–Kier alpha value is -0.840. The van der Waals surface area contributed by atoms with Crippen LogP contribution in [0.25, 0.3) is 0 Å². The molecule has 0 amide bonds. The topological polar surface area (TPSA) is 29.9 Å². The average Bonchev–Trinajstić information content (AvgIpc) is 3.00. The Labute approximate surface area is 109 Å². The summed E-state index contributed by atoms with van der Waals surface area (Å²) in [5, 5.41) is 3.51. The minimum atomic E-state index is 0.466. The smallest absolute Gasteiger partial charge is 0.0952 e. The van der Waals surface area contributed by atoms with Gasteiger partial charge in [-0.25, -0.2) is 4.98 Å². The third-order valence-corrected chi connectivity index (χ3v) is 4.33. The molecular formula is C12H14ClN3S. The molecule has 0 bridgehead atoms. The van der Waals surface area contributed by atoms with Crippen LogP contribution in [-0.2, 0) is 6.54 Å². The number of hydrogen-bond acceptors (Lipinski definition) is 3. The van der Waals surface area contributed by atoms with Crippen LogP contribution in [0.5, 0.6) is 0 Å². The predicted octanol–water partition coefficient (Wildman–Crippen LogP) is 3.07. The average molecular weight is 268 g/mol. The highest BCUT2D eigenvalue weighted by molar-refractivity contribution is 7.16. The molecule has 0 unspecified atom stereocenters. The largest absolute Gasteiger partial charge is 0.328 e. The van der Waals surface area contributed by atoms with Gasteiger partial charge in [0.2, 0.25) is 0 Å². The van der Waals surface area contributed by atoms with Crippen molar-refractivity contribution in [3.63, 3.8) is 0 Å². The molecule has 3 rings (SSSR count). The lowest BCUT2D eigenvalue weighted by Gasteiger charge is -2.13. The molecular weight excluding hydrogens is 254 g/mol. The lowest BCUT2D eigenvalue weighted by molar-refractivity contribution is 0.586. The van der Waals surface area contributed by atoms with Crippen molar-refractivity contribution in [2.45, 2.75) is 25.4 Å². The minimum absolute atomic E-state index is 0.466. The van der Waals surface area contributed by atoms with E-state index in [1.807, 2.05) is 18.6 Å². The maximum absolute atomic E-state index is 5.95. The molecule has 0 spiro atoms. The fourth-order valence-electron chi connectivity index (χ4n) is 2.29. The van der Waals surface area contributed by atoms with Crippen molar-refractivity contribution in [3.05, 3.63) is 39.6 Å². The van der Waals surface area contributed by atoms with Crippen LogP contribution in [0, 0.1) is 0 Å². The first-order chi connectivity index (χ1) is 8.33. The van der Waals surface area contributed by atoms with E-state index < -0.39 is 0 Å². The van der Waals surface area contributed by atoms with Crippen molar-refractivity contribution in [1.82, 2.24) is 14.9 Å². The summed E-state index contributed by atoms with van der Waals surface area (Å²) < 4.78 is 3.06. The van der Waals surface area contributed by atoms with Crippen molar-refractivity contribution < 1.29 is 0 Å². The monoisotopic (exact) mass is 267 g/mol. The number of aromatic nitrogens is 2. The molecule has 90 valence electrons. The highest BCUT2D eigenvalue weighted by Crippen LogP contribution is 2.26. The van der Waals surface area contributed by atoms with E-state index >= 15 is 0 Å². The number of nitrogens with zero attached hydrogens (tertiary/aromatic N) is 2. The lowest BCUT2D eigenvalue weighted by Crippen LogP contribution is -2.16. The molecule has 5 heteroatoms. The second-order valence-corrected chi connectivity index (χ2v) is 6.10. The van der Waals surface area contributed by atoms with Crippen molar-refractivity contribution in [3.8, 4) is 0 Å². The van der Waals surface area contributed by atoms with Gasteiger partial charge in [-0.3, -0.25) is 0 Å². The van der Waals surface area contributed by atoms with E-state index in [0.29, 0.717) is 6.04 Å². The zero-order valence-corrected chi connectivity index (χ0v) is 11.0. The van der Waals surface area contributed by atoms with Gasteiger partial charge in [0, 0.05) is 17.1 Å². The van der Waals surface area contributed by atoms with E-state index in [1.165, 1.54) is 23.4 Å². The van der Waals surface area contributed by atoms with Gasteiger partial charge >= 0.3 is 0 Å².